The van der Waals surface area contributed by atoms with Crippen molar-refractivity contribution in [2.75, 3.05) is 26.2 Å². The molecule has 2 nitrogen and oxygen atoms in total. The molecule has 1 rings (SSSR count). The second kappa shape index (κ2) is 4.48. The highest BCUT2D eigenvalue weighted by atomic mass is 15.3. The van der Waals surface area contributed by atoms with Gasteiger partial charge in [0.1, 0.15) is 0 Å². The summed E-state index contributed by atoms with van der Waals surface area (Å²) in [5.74, 6) is 1.55. The third-order valence-corrected chi connectivity index (χ3v) is 2.67. The Bertz CT molecular complexity index is 173. The predicted octanol–water partition coefficient (Wildman–Crippen LogP) is 1.55. The number of amidine groups is 1. The highest BCUT2D eigenvalue weighted by Crippen LogP contribution is 2.05. The van der Waals surface area contributed by atoms with Crippen LogP contribution in [0.4, 0.5) is 0 Å². The van der Waals surface area contributed by atoms with Crippen LogP contribution in [0.5, 0.6) is 0 Å². The zero-order valence-electron chi connectivity index (χ0n) is 8.64. The van der Waals surface area contributed by atoms with Crippen LogP contribution in [0.15, 0.2) is 0 Å². The van der Waals surface area contributed by atoms with Gasteiger partial charge >= 0.3 is 0 Å². The van der Waals surface area contributed by atoms with Gasteiger partial charge in [-0.1, -0.05) is 6.92 Å². The molecule has 70 valence electrons. The van der Waals surface area contributed by atoms with Gasteiger partial charge in [-0.2, -0.15) is 0 Å². The molecule has 1 aliphatic rings. The predicted molar refractivity (Wildman–Crippen MR) is 52.8 cm³/mol. The molecule has 0 radical (unpaired) electrons. The summed E-state index contributed by atoms with van der Waals surface area (Å²) in [6.45, 7) is 11.6. The molecular weight excluding hydrogens is 148 g/mol. The highest BCUT2D eigenvalue weighted by molar-refractivity contribution is 5.77. The quantitative estimate of drug-likeness (QED) is 0.581. The fraction of sp³-hybridized carbons (Fsp3) is 0.900. The Labute approximate surface area is 75.9 Å². The van der Waals surface area contributed by atoms with Crippen LogP contribution in [-0.2, 0) is 0 Å². The molecule has 0 saturated carbocycles. The van der Waals surface area contributed by atoms with Gasteiger partial charge in [0.15, 0.2) is 0 Å². The second-order valence-corrected chi connectivity index (χ2v) is 3.28. The van der Waals surface area contributed by atoms with Gasteiger partial charge in [0.05, 0.1) is 26.2 Å². The topological polar surface area (TPSA) is 6.25 Å². The van der Waals surface area contributed by atoms with Gasteiger partial charge in [0.2, 0.25) is 5.84 Å². The summed E-state index contributed by atoms with van der Waals surface area (Å²) in [4.78, 5) is 2.51. The minimum atomic E-state index is 1.17. The molecule has 0 unspecified atom stereocenters. The molecule has 0 amide bonds. The van der Waals surface area contributed by atoms with Gasteiger partial charge in [-0.3, -0.25) is 9.48 Å². The van der Waals surface area contributed by atoms with Crippen LogP contribution in [0, 0.1) is 0 Å². The molecular formula is C10H21N2+. The Hall–Kier alpha value is -0.530. The molecule has 0 saturated heterocycles. The van der Waals surface area contributed by atoms with Crippen molar-refractivity contribution in [3.8, 4) is 0 Å². The van der Waals surface area contributed by atoms with Crippen molar-refractivity contribution in [3.63, 3.8) is 0 Å². The molecule has 0 aromatic heterocycles. The number of hydrogen-bond donors (Lipinski definition) is 0. The minimum Gasteiger partial charge on any atom is -0.266 e. The third kappa shape index (κ3) is 1.79. The van der Waals surface area contributed by atoms with Crippen molar-refractivity contribution in [2.45, 2.75) is 33.6 Å². The van der Waals surface area contributed by atoms with Crippen LogP contribution in [0.25, 0.3) is 0 Å². The lowest BCUT2D eigenvalue weighted by Crippen LogP contribution is -2.43. The Morgan fingerprint density at radius 2 is 2.08 bits per heavy atom. The fourth-order valence-corrected chi connectivity index (χ4v) is 2.04. The lowest BCUT2D eigenvalue weighted by atomic mass is 10.2. The van der Waals surface area contributed by atoms with E-state index in [1.807, 2.05) is 0 Å². The van der Waals surface area contributed by atoms with E-state index in [1.165, 1.54) is 39.0 Å². The second-order valence-electron chi connectivity index (χ2n) is 3.28. The summed E-state index contributed by atoms with van der Waals surface area (Å²) in [6.07, 6.45) is 2.51. The van der Waals surface area contributed by atoms with Crippen molar-refractivity contribution in [1.82, 2.24) is 4.90 Å². The molecule has 0 bridgehead atoms. The Balaban J connectivity index is 2.78. The standard InChI is InChI=1S/C10H21N2/c1-4-10-11(5-2)8-7-9-12(10)6-3/h4-9H2,1-3H3/q+1. The molecule has 0 aromatic rings. The van der Waals surface area contributed by atoms with E-state index < -0.39 is 0 Å². The Morgan fingerprint density at radius 3 is 2.58 bits per heavy atom. The number of rotatable bonds is 3. The molecule has 12 heavy (non-hydrogen) atoms. The van der Waals surface area contributed by atoms with E-state index in [1.54, 1.807) is 5.84 Å². The van der Waals surface area contributed by atoms with Crippen molar-refractivity contribution in [3.05, 3.63) is 0 Å². The summed E-state index contributed by atoms with van der Waals surface area (Å²) < 4.78 is 2.51. The minimum absolute atomic E-state index is 1.17. The smallest absolute Gasteiger partial charge is 0.246 e. The number of hydrogen-bond acceptors (Lipinski definition) is 1. The molecule has 2 heteroatoms. The largest absolute Gasteiger partial charge is 0.266 e. The average molecular weight is 169 g/mol. The first-order valence-corrected chi connectivity index (χ1v) is 5.19. The van der Waals surface area contributed by atoms with E-state index >= 15 is 0 Å². The first-order chi connectivity index (χ1) is 5.83. The van der Waals surface area contributed by atoms with E-state index in [-0.39, 0.29) is 0 Å². The highest BCUT2D eigenvalue weighted by Gasteiger charge is 2.22. The average Bonchev–Trinajstić information content (AvgIpc) is 2.16. The first-order valence-electron chi connectivity index (χ1n) is 5.19. The zero-order chi connectivity index (χ0) is 8.97. The first kappa shape index (κ1) is 9.56. The van der Waals surface area contributed by atoms with E-state index in [4.69, 9.17) is 0 Å². The maximum absolute atomic E-state index is 2.51. The summed E-state index contributed by atoms with van der Waals surface area (Å²) in [5, 5.41) is 0. The molecule has 0 aliphatic carbocycles. The molecule has 0 spiro atoms. The molecule has 1 aliphatic heterocycles. The van der Waals surface area contributed by atoms with E-state index in [0.717, 1.165) is 0 Å². The maximum Gasteiger partial charge on any atom is 0.246 e. The molecule has 0 N–H and O–H groups in total. The van der Waals surface area contributed by atoms with Crippen LogP contribution in [0.1, 0.15) is 33.6 Å². The SMILES string of the molecule is CCC1=[N+](CC)CCCN1CC. The maximum atomic E-state index is 2.51. The monoisotopic (exact) mass is 169 g/mol. The Kier molecular flexibility index (Phi) is 3.57. The molecule has 0 aromatic carbocycles. The zero-order valence-corrected chi connectivity index (χ0v) is 8.64. The van der Waals surface area contributed by atoms with Crippen molar-refractivity contribution >= 4 is 5.84 Å². The van der Waals surface area contributed by atoms with Gasteiger partial charge in [0, 0.05) is 12.8 Å². The van der Waals surface area contributed by atoms with E-state index in [2.05, 4.69) is 30.2 Å². The molecule has 1 heterocycles. The van der Waals surface area contributed by atoms with Crippen LogP contribution in [-0.4, -0.2) is 41.5 Å². The summed E-state index contributed by atoms with van der Waals surface area (Å²) >= 11 is 0. The summed E-state index contributed by atoms with van der Waals surface area (Å²) in [7, 11) is 0. The molecule has 0 atom stereocenters. The summed E-state index contributed by atoms with van der Waals surface area (Å²) in [5.41, 5.74) is 0. The Morgan fingerprint density at radius 1 is 1.33 bits per heavy atom. The van der Waals surface area contributed by atoms with Crippen molar-refractivity contribution < 1.29 is 4.58 Å². The molecule has 0 fully saturated rings. The normalized spacial score (nSPS) is 18.8. The van der Waals surface area contributed by atoms with Gasteiger partial charge in [-0.25, -0.2) is 0 Å². The van der Waals surface area contributed by atoms with E-state index in [0.29, 0.717) is 0 Å². The lowest BCUT2D eigenvalue weighted by molar-refractivity contribution is -0.536. The van der Waals surface area contributed by atoms with Crippen molar-refractivity contribution in [2.24, 2.45) is 0 Å². The van der Waals surface area contributed by atoms with Crippen molar-refractivity contribution in [1.29, 1.82) is 0 Å². The summed E-state index contributed by atoms with van der Waals surface area (Å²) in [6, 6.07) is 0. The van der Waals surface area contributed by atoms with Crippen LogP contribution >= 0.6 is 0 Å². The van der Waals surface area contributed by atoms with Crippen LogP contribution < -0.4 is 0 Å². The van der Waals surface area contributed by atoms with Crippen LogP contribution in [0.3, 0.4) is 0 Å². The van der Waals surface area contributed by atoms with Crippen LogP contribution in [0.2, 0.25) is 0 Å². The van der Waals surface area contributed by atoms with Gasteiger partial charge in [-0.05, 0) is 13.8 Å². The number of nitrogens with zero attached hydrogens (tertiary/aromatic N) is 2. The lowest BCUT2D eigenvalue weighted by Gasteiger charge is -2.25. The van der Waals surface area contributed by atoms with Gasteiger partial charge < -0.3 is 0 Å². The third-order valence-electron chi connectivity index (χ3n) is 2.67. The van der Waals surface area contributed by atoms with E-state index in [9.17, 15) is 0 Å². The van der Waals surface area contributed by atoms with Gasteiger partial charge in [-0.15, -0.1) is 0 Å². The van der Waals surface area contributed by atoms with Gasteiger partial charge in [0.25, 0.3) is 0 Å². The fourth-order valence-electron chi connectivity index (χ4n) is 2.04.